The molecule has 4 nitrogen and oxygen atoms in total. The third kappa shape index (κ3) is 2.34. The van der Waals surface area contributed by atoms with Crippen LogP contribution in [0.4, 0.5) is 0 Å². The fourth-order valence-corrected chi connectivity index (χ4v) is 1.26. The number of carbonyl (C=O) groups is 2. The van der Waals surface area contributed by atoms with Crippen molar-refractivity contribution in [2.24, 2.45) is 0 Å². The Kier molecular flexibility index (Phi) is 3.44. The number of rotatable bonds is 2. The lowest BCUT2D eigenvalue weighted by Gasteiger charge is -2.05. The highest BCUT2D eigenvalue weighted by molar-refractivity contribution is 5.99. The van der Waals surface area contributed by atoms with E-state index in [1.807, 2.05) is 0 Å². The molecule has 0 saturated heterocycles. The van der Waals surface area contributed by atoms with Gasteiger partial charge in [0.15, 0.2) is 0 Å². The maximum atomic E-state index is 11.3. The first kappa shape index (κ1) is 11.2. The van der Waals surface area contributed by atoms with Crippen molar-refractivity contribution in [3.8, 4) is 0 Å². The third-order valence-electron chi connectivity index (χ3n) is 2.08. The van der Waals surface area contributed by atoms with Gasteiger partial charge in [-0.2, -0.15) is 0 Å². The molecule has 0 saturated carbocycles. The number of hydrogen-bond acceptors (Lipinski definition) is 4. The molecule has 15 heavy (non-hydrogen) atoms. The minimum Gasteiger partial charge on any atom is -0.466 e. The largest absolute Gasteiger partial charge is 0.466 e. The van der Waals surface area contributed by atoms with E-state index < -0.39 is 11.9 Å². The molecule has 0 amide bonds. The maximum absolute atomic E-state index is 11.3. The van der Waals surface area contributed by atoms with Gasteiger partial charge in [-0.15, -0.1) is 0 Å². The van der Waals surface area contributed by atoms with Gasteiger partial charge in [-0.3, -0.25) is 0 Å². The van der Waals surface area contributed by atoms with Crippen LogP contribution in [0.2, 0.25) is 0 Å². The van der Waals surface area contributed by atoms with Gasteiger partial charge in [0, 0.05) is 6.08 Å². The normalized spacial score (nSPS) is 17.1. The van der Waals surface area contributed by atoms with Gasteiger partial charge < -0.3 is 9.47 Å². The van der Waals surface area contributed by atoms with Crippen LogP contribution in [0.3, 0.4) is 0 Å². The fourth-order valence-electron chi connectivity index (χ4n) is 1.26. The summed E-state index contributed by atoms with van der Waals surface area (Å²) in [5.74, 6) is -0.951. The first-order valence-corrected chi connectivity index (χ1v) is 4.37. The molecule has 0 aromatic rings. The Bertz CT molecular complexity index is 385. The van der Waals surface area contributed by atoms with Gasteiger partial charge in [-0.05, 0) is 24.1 Å². The average molecular weight is 208 g/mol. The van der Waals surface area contributed by atoms with Crippen LogP contribution in [0.15, 0.2) is 34.9 Å². The number of ether oxygens (including phenoxy) is 2. The molecule has 0 aliphatic heterocycles. The van der Waals surface area contributed by atoms with Crippen LogP contribution in [0.5, 0.6) is 0 Å². The van der Waals surface area contributed by atoms with E-state index in [1.165, 1.54) is 20.3 Å². The van der Waals surface area contributed by atoms with Crippen molar-refractivity contribution in [3.63, 3.8) is 0 Å². The van der Waals surface area contributed by atoms with Crippen molar-refractivity contribution in [2.75, 3.05) is 14.2 Å². The summed E-state index contributed by atoms with van der Waals surface area (Å²) in [4.78, 5) is 22.4. The van der Waals surface area contributed by atoms with Crippen LogP contribution in [0, 0.1) is 0 Å². The molecule has 0 fully saturated rings. The Hall–Kier alpha value is -1.84. The van der Waals surface area contributed by atoms with Crippen molar-refractivity contribution in [1.82, 2.24) is 0 Å². The lowest BCUT2D eigenvalue weighted by molar-refractivity contribution is -0.135. The minimum absolute atomic E-state index is 0.375. The van der Waals surface area contributed by atoms with E-state index in [4.69, 9.17) is 0 Å². The second-order valence-corrected chi connectivity index (χ2v) is 3.00. The summed E-state index contributed by atoms with van der Waals surface area (Å²) < 4.78 is 9.09. The summed E-state index contributed by atoms with van der Waals surface area (Å²) in [6.07, 6.45) is 4.65. The van der Waals surface area contributed by atoms with Gasteiger partial charge in [0.1, 0.15) is 0 Å². The molecule has 0 atom stereocenters. The zero-order valence-electron chi connectivity index (χ0n) is 8.87. The van der Waals surface area contributed by atoms with Gasteiger partial charge >= 0.3 is 11.9 Å². The molecule has 0 spiro atoms. The van der Waals surface area contributed by atoms with Crippen molar-refractivity contribution >= 4 is 11.9 Å². The SMILES string of the molecule is COC(=O)/C=C1/C(C)=CC=C1C(=O)OC. The second-order valence-electron chi connectivity index (χ2n) is 3.00. The monoisotopic (exact) mass is 208 g/mol. The molecule has 0 bridgehead atoms. The molecule has 0 aromatic carbocycles. The first-order chi connectivity index (χ1) is 7.10. The van der Waals surface area contributed by atoms with Gasteiger partial charge in [0.05, 0.1) is 19.8 Å². The Balaban J connectivity index is 2.99. The molecule has 0 radical (unpaired) electrons. The highest BCUT2D eigenvalue weighted by atomic mass is 16.5. The van der Waals surface area contributed by atoms with E-state index in [0.717, 1.165) is 5.57 Å². The molecule has 1 aliphatic carbocycles. The highest BCUT2D eigenvalue weighted by Gasteiger charge is 2.20. The smallest absolute Gasteiger partial charge is 0.338 e. The zero-order valence-corrected chi connectivity index (χ0v) is 8.87. The minimum atomic E-state index is -0.491. The predicted octanol–water partition coefficient (Wildman–Crippen LogP) is 1.15. The molecular formula is C11H12O4. The first-order valence-electron chi connectivity index (χ1n) is 4.37. The van der Waals surface area contributed by atoms with Gasteiger partial charge in [-0.25, -0.2) is 9.59 Å². The van der Waals surface area contributed by atoms with Crippen molar-refractivity contribution < 1.29 is 19.1 Å². The van der Waals surface area contributed by atoms with Gasteiger partial charge in [-0.1, -0.05) is 6.08 Å². The summed E-state index contributed by atoms with van der Waals surface area (Å²) in [6.45, 7) is 1.81. The lowest BCUT2D eigenvalue weighted by Crippen LogP contribution is -2.07. The molecule has 0 heterocycles. The quantitative estimate of drug-likeness (QED) is 0.504. The van der Waals surface area contributed by atoms with E-state index in [0.29, 0.717) is 11.1 Å². The summed E-state index contributed by atoms with van der Waals surface area (Å²) in [7, 11) is 2.58. The summed E-state index contributed by atoms with van der Waals surface area (Å²) in [6, 6.07) is 0. The molecule has 1 aliphatic rings. The van der Waals surface area contributed by atoms with Crippen LogP contribution in [-0.2, 0) is 19.1 Å². The molecule has 0 aromatic heterocycles. The summed E-state index contributed by atoms with van der Waals surface area (Å²) >= 11 is 0. The van der Waals surface area contributed by atoms with Crippen LogP contribution in [-0.4, -0.2) is 26.2 Å². The van der Waals surface area contributed by atoms with Crippen molar-refractivity contribution in [3.05, 3.63) is 34.9 Å². The van der Waals surface area contributed by atoms with Crippen LogP contribution in [0.25, 0.3) is 0 Å². The topological polar surface area (TPSA) is 52.6 Å². The molecular weight excluding hydrogens is 196 g/mol. The van der Waals surface area contributed by atoms with E-state index in [2.05, 4.69) is 9.47 Å². The lowest BCUT2D eigenvalue weighted by atomic mass is 10.0. The standard InChI is InChI=1S/C11H12O4/c1-7-4-5-8(11(13)15-3)9(7)6-10(12)14-2/h4-6H,1-3H3/b9-6-. The number of allylic oxidation sites excluding steroid dienone is 3. The summed E-state index contributed by atoms with van der Waals surface area (Å²) in [5, 5.41) is 0. The summed E-state index contributed by atoms with van der Waals surface area (Å²) in [5.41, 5.74) is 1.76. The maximum Gasteiger partial charge on any atom is 0.338 e. The van der Waals surface area contributed by atoms with Gasteiger partial charge in [0.2, 0.25) is 0 Å². The number of methoxy groups -OCH3 is 2. The van der Waals surface area contributed by atoms with E-state index >= 15 is 0 Å². The average Bonchev–Trinajstić information content (AvgIpc) is 2.59. The highest BCUT2D eigenvalue weighted by Crippen LogP contribution is 2.26. The predicted molar refractivity (Wildman–Crippen MR) is 54.0 cm³/mol. The molecule has 80 valence electrons. The van der Waals surface area contributed by atoms with Gasteiger partial charge in [0.25, 0.3) is 0 Å². The Morgan fingerprint density at radius 3 is 2.40 bits per heavy atom. The number of esters is 2. The van der Waals surface area contributed by atoms with E-state index in [9.17, 15) is 9.59 Å². The Morgan fingerprint density at radius 2 is 1.87 bits per heavy atom. The molecule has 1 rings (SSSR count). The third-order valence-corrected chi connectivity index (χ3v) is 2.08. The second kappa shape index (κ2) is 4.59. The molecule has 4 heteroatoms. The van der Waals surface area contributed by atoms with Crippen LogP contribution in [0.1, 0.15) is 6.92 Å². The Labute approximate surface area is 87.9 Å². The van der Waals surface area contributed by atoms with Crippen LogP contribution >= 0.6 is 0 Å². The number of hydrogen-bond donors (Lipinski definition) is 0. The van der Waals surface area contributed by atoms with Crippen molar-refractivity contribution in [1.29, 1.82) is 0 Å². The van der Waals surface area contributed by atoms with E-state index in [1.54, 1.807) is 19.1 Å². The van der Waals surface area contributed by atoms with Crippen molar-refractivity contribution in [2.45, 2.75) is 6.92 Å². The fraction of sp³-hybridized carbons (Fsp3) is 0.273. The molecule has 0 N–H and O–H groups in total. The number of carbonyl (C=O) groups excluding carboxylic acids is 2. The zero-order chi connectivity index (χ0) is 11.4. The van der Waals surface area contributed by atoms with Crippen LogP contribution < -0.4 is 0 Å². The molecule has 0 unspecified atom stereocenters. The Morgan fingerprint density at radius 1 is 1.20 bits per heavy atom. The van der Waals surface area contributed by atoms with E-state index in [-0.39, 0.29) is 0 Å².